The molecule has 2 rings (SSSR count). The van der Waals surface area contributed by atoms with Crippen molar-refractivity contribution in [3.8, 4) is 0 Å². The highest BCUT2D eigenvalue weighted by Crippen LogP contribution is 2.13. The molecule has 2 aromatic rings. The molecule has 3 nitrogen and oxygen atoms in total. The molecule has 0 radical (unpaired) electrons. The van der Waals surface area contributed by atoms with Gasteiger partial charge in [-0.25, -0.2) is 9.78 Å². The van der Waals surface area contributed by atoms with Crippen molar-refractivity contribution in [2.45, 2.75) is 13.8 Å². The molecule has 0 saturated carbocycles. The highest BCUT2D eigenvalue weighted by molar-refractivity contribution is 5.75. The lowest BCUT2D eigenvalue weighted by molar-refractivity contribution is 0.547. The summed E-state index contributed by atoms with van der Waals surface area (Å²) in [6.07, 6.45) is 0. The highest BCUT2D eigenvalue weighted by Gasteiger charge is 2.03. The zero-order valence-corrected chi connectivity index (χ0v) is 7.50. The molecule has 66 valence electrons. The van der Waals surface area contributed by atoms with E-state index in [2.05, 4.69) is 4.98 Å². The average molecular weight is 175 g/mol. The van der Waals surface area contributed by atoms with Crippen LogP contribution in [0.4, 0.5) is 0 Å². The predicted octanol–water partition coefficient (Wildman–Crippen LogP) is 1.80. The van der Waals surface area contributed by atoms with Gasteiger partial charge in [0.05, 0.1) is 0 Å². The smallest absolute Gasteiger partial charge is 0.357 e. The lowest BCUT2D eigenvalue weighted by Crippen LogP contribution is -2.05. The molecule has 0 aliphatic rings. The first-order valence-electron chi connectivity index (χ1n) is 4.05. The van der Waals surface area contributed by atoms with Crippen molar-refractivity contribution in [2.24, 2.45) is 0 Å². The van der Waals surface area contributed by atoms with Gasteiger partial charge in [0.2, 0.25) is 0 Å². The summed E-state index contributed by atoms with van der Waals surface area (Å²) in [6, 6.07) is 5.53. The topological polar surface area (TPSA) is 43.1 Å². The second kappa shape index (κ2) is 2.69. The Morgan fingerprint density at radius 1 is 1.31 bits per heavy atom. The molecular weight excluding hydrogens is 166 g/mol. The molecule has 0 aliphatic heterocycles. The van der Waals surface area contributed by atoms with Gasteiger partial charge in [0.25, 0.3) is 0 Å². The van der Waals surface area contributed by atoms with E-state index in [1.165, 1.54) is 0 Å². The van der Waals surface area contributed by atoms with Crippen molar-refractivity contribution < 1.29 is 4.42 Å². The van der Waals surface area contributed by atoms with Gasteiger partial charge < -0.3 is 4.42 Å². The van der Waals surface area contributed by atoms with Gasteiger partial charge in [0.15, 0.2) is 5.58 Å². The molecule has 0 atom stereocenters. The Morgan fingerprint density at radius 2 is 2.08 bits per heavy atom. The van der Waals surface area contributed by atoms with Crippen LogP contribution < -0.4 is 5.63 Å². The van der Waals surface area contributed by atoms with Crippen LogP contribution >= 0.6 is 0 Å². The number of nitrogens with zero attached hydrogens (tertiary/aromatic N) is 1. The number of para-hydroxylation sites is 1. The maximum atomic E-state index is 11.1. The largest absolute Gasteiger partial charge is 0.420 e. The van der Waals surface area contributed by atoms with Crippen LogP contribution in [0.5, 0.6) is 0 Å². The Balaban J connectivity index is 2.97. The normalized spacial score (nSPS) is 10.6. The van der Waals surface area contributed by atoms with Crippen LogP contribution in [0.3, 0.4) is 0 Å². The first-order chi connectivity index (χ1) is 6.18. The van der Waals surface area contributed by atoms with Crippen LogP contribution in [0.2, 0.25) is 0 Å². The van der Waals surface area contributed by atoms with E-state index >= 15 is 0 Å². The van der Waals surface area contributed by atoms with Gasteiger partial charge in [-0.1, -0.05) is 12.1 Å². The molecule has 3 heteroatoms. The van der Waals surface area contributed by atoms with Crippen LogP contribution in [-0.4, -0.2) is 4.98 Å². The minimum Gasteiger partial charge on any atom is -0.420 e. The summed E-state index contributed by atoms with van der Waals surface area (Å²) < 4.78 is 5.06. The van der Waals surface area contributed by atoms with Gasteiger partial charge >= 0.3 is 5.63 Å². The Kier molecular flexibility index (Phi) is 1.65. The third-order valence-electron chi connectivity index (χ3n) is 1.98. The van der Waals surface area contributed by atoms with Gasteiger partial charge in [0, 0.05) is 0 Å². The molecule has 0 amide bonds. The molecule has 0 bridgehead atoms. The number of fused-ring (bicyclic) bond motifs is 1. The van der Waals surface area contributed by atoms with Crippen LogP contribution in [0.1, 0.15) is 11.3 Å². The number of hydrogen-bond acceptors (Lipinski definition) is 3. The Bertz CT molecular complexity index is 514. The van der Waals surface area contributed by atoms with E-state index in [1.54, 1.807) is 13.0 Å². The molecule has 0 saturated heterocycles. The Hall–Kier alpha value is -1.64. The summed E-state index contributed by atoms with van der Waals surface area (Å²) >= 11 is 0. The standard InChI is InChI=1S/C10H9NO2/c1-6-4-3-5-8-9(6)11-7(2)10(12)13-8/h3-5H,1-2H3. The van der Waals surface area contributed by atoms with Crippen LogP contribution in [-0.2, 0) is 0 Å². The maximum Gasteiger partial charge on any atom is 0.357 e. The monoisotopic (exact) mass is 175 g/mol. The van der Waals surface area contributed by atoms with Gasteiger partial charge in [-0.2, -0.15) is 0 Å². The lowest BCUT2D eigenvalue weighted by Gasteiger charge is -1.99. The van der Waals surface area contributed by atoms with E-state index in [4.69, 9.17) is 4.42 Å². The van der Waals surface area contributed by atoms with Crippen molar-refractivity contribution in [3.05, 3.63) is 39.9 Å². The fourth-order valence-electron chi connectivity index (χ4n) is 1.24. The molecule has 0 spiro atoms. The maximum absolute atomic E-state index is 11.1. The fourth-order valence-corrected chi connectivity index (χ4v) is 1.24. The zero-order chi connectivity index (χ0) is 9.42. The molecule has 0 fully saturated rings. The van der Waals surface area contributed by atoms with Crippen LogP contribution in [0.15, 0.2) is 27.4 Å². The van der Waals surface area contributed by atoms with E-state index in [9.17, 15) is 4.79 Å². The second-order valence-electron chi connectivity index (χ2n) is 3.01. The van der Waals surface area contributed by atoms with Gasteiger partial charge in [-0.15, -0.1) is 0 Å². The van der Waals surface area contributed by atoms with Crippen LogP contribution in [0, 0.1) is 13.8 Å². The third kappa shape index (κ3) is 1.22. The molecular formula is C10H9NO2. The summed E-state index contributed by atoms with van der Waals surface area (Å²) in [5, 5.41) is 0. The summed E-state index contributed by atoms with van der Waals surface area (Å²) in [6.45, 7) is 3.59. The Labute approximate surface area is 75.0 Å². The number of benzene rings is 1. The van der Waals surface area contributed by atoms with Gasteiger partial charge in [-0.3, -0.25) is 0 Å². The zero-order valence-electron chi connectivity index (χ0n) is 7.50. The molecule has 1 aromatic heterocycles. The minimum absolute atomic E-state index is 0.363. The highest BCUT2D eigenvalue weighted by atomic mass is 16.4. The number of hydrogen-bond donors (Lipinski definition) is 0. The van der Waals surface area contributed by atoms with Gasteiger partial charge in [0.1, 0.15) is 11.2 Å². The summed E-state index contributed by atoms with van der Waals surface area (Å²) in [4.78, 5) is 15.3. The fraction of sp³-hybridized carbons (Fsp3) is 0.200. The first-order valence-corrected chi connectivity index (χ1v) is 4.05. The molecule has 13 heavy (non-hydrogen) atoms. The summed E-state index contributed by atoms with van der Waals surface area (Å²) in [5.41, 5.74) is 2.37. The van der Waals surface area contributed by atoms with Gasteiger partial charge in [-0.05, 0) is 25.5 Å². The molecule has 0 N–H and O–H groups in total. The van der Waals surface area contributed by atoms with E-state index in [1.807, 2.05) is 19.1 Å². The molecule has 0 aliphatic carbocycles. The van der Waals surface area contributed by atoms with Crippen molar-refractivity contribution >= 4 is 11.1 Å². The van der Waals surface area contributed by atoms with E-state index in [-0.39, 0.29) is 5.63 Å². The van der Waals surface area contributed by atoms with E-state index in [0.29, 0.717) is 11.3 Å². The molecule has 1 aromatic carbocycles. The summed E-state index contributed by atoms with van der Waals surface area (Å²) in [7, 11) is 0. The van der Waals surface area contributed by atoms with Crippen molar-refractivity contribution in [2.75, 3.05) is 0 Å². The van der Waals surface area contributed by atoms with E-state index < -0.39 is 0 Å². The number of aromatic nitrogens is 1. The quantitative estimate of drug-likeness (QED) is 0.613. The molecule has 0 unspecified atom stereocenters. The van der Waals surface area contributed by atoms with Crippen LogP contribution in [0.25, 0.3) is 11.1 Å². The third-order valence-corrected chi connectivity index (χ3v) is 1.98. The number of rotatable bonds is 0. The molecule has 1 heterocycles. The minimum atomic E-state index is -0.363. The van der Waals surface area contributed by atoms with Crippen molar-refractivity contribution in [1.82, 2.24) is 4.98 Å². The summed E-state index contributed by atoms with van der Waals surface area (Å²) in [5.74, 6) is 0. The van der Waals surface area contributed by atoms with E-state index in [0.717, 1.165) is 11.1 Å². The first kappa shape index (κ1) is 7.98. The SMILES string of the molecule is Cc1nc2c(C)cccc2oc1=O. The number of aryl methyl sites for hydroxylation is 2. The van der Waals surface area contributed by atoms with Crippen molar-refractivity contribution in [3.63, 3.8) is 0 Å². The Morgan fingerprint density at radius 3 is 2.85 bits per heavy atom. The lowest BCUT2D eigenvalue weighted by atomic mass is 10.2. The average Bonchev–Trinajstić information content (AvgIpc) is 2.09. The second-order valence-corrected chi connectivity index (χ2v) is 3.01. The predicted molar refractivity (Wildman–Crippen MR) is 49.8 cm³/mol. The van der Waals surface area contributed by atoms with Crippen molar-refractivity contribution in [1.29, 1.82) is 0 Å².